The molecular weight excluding hydrogens is 747 g/mol. The van der Waals surface area contributed by atoms with Crippen LogP contribution in [-0.2, 0) is 39.7 Å². The van der Waals surface area contributed by atoms with Gasteiger partial charge in [0.15, 0.2) is 29.7 Å². The Balaban J connectivity index is 1.59. The van der Waals surface area contributed by atoms with Gasteiger partial charge in [-0.05, 0) is 57.2 Å². The summed E-state index contributed by atoms with van der Waals surface area (Å²) in [7, 11) is 1.53. The lowest BCUT2D eigenvalue weighted by Crippen LogP contribution is -2.69. The first-order valence-corrected chi connectivity index (χ1v) is 24.1. The van der Waals surface area contributed by atoms with Gasteiger partial charge in [0.2, 0.25) is 5.91 Å². The van der Waals surface area contributed by atoms with E-state index in [1.54, 1.807) is 0 Å². The highest BCUT2D eigenvalue weighted by Gasteiger charge is 2.53. The summed E-state index contributed by atoms with van der Waals surface area (Å²) in [6, 6.07) is 5.25. The van der Waals surface area contributed by atoms with Crippen LogP contribution in [0.2, 0.25) is 0 Å². The Morgan fingerprint density at radius 3 is 1.78 bits per heavy atom. The Hall–Kier alpha value is -2.40. The molecule has 340 valence electrons. The highest BCUT2D eigenvalue weighted by molar-refractivity contribution is 5.77. The van der Waals surface area contributed by atoms with E-state index in [4.69, 9.17) is 33.2 Å². The molecule has 0 unspecified atom stereocenters. The molecule has 2 heterocycles. The van der Waals surface area contributed by atoms with E-state index < -0.39 is 36.4 Å². The summed E-state index contributed by atoms with van der Waals surface area (Å²) in [6.07, 6.45) is 25.8. The van der Waals surface area contributed by atoms with Crippen molar-refractivity contribution in [1.29, 1.82) is 0 Å². The van der Waals surface area contributed by atoms with Crippen molar-refractivity contribution in [2.24, 2.45) is 0 Å². The second kappa shape index (κ2) is 30.6. The summed E-state index contributed by atoms with van der Waals surface area (Å²) in [6.45, 7) is 11.9. The molecule has 1 aromatic carbocycles. The van der Waals surface area contributed by atoms with Crippen LogP contribution in [0.1, 0.15) is 201 Å². The number of esters is 1. The molecule has 0 bridgehead atoms. The number of amides is 1. The molecule has 2 aliphatic heterocycles. The van der Waals surface area contributed by atoms with Gasteiger partial charge in [-0.3, -0.25) is 9.59 Å². The van der Waals surface area contributed by atoms with E-state index >= 15 is 0 Å². The summed E-state index contributed by atoms with van der Waals surface area (Å²) < 4.78 is 43.0. The van der Waals surface area contributed by atoms with Crippen molar-refractivity contribution in [3.8, 4) is 11.5 Å². The van der Waals surface area contributed by atoms with E-state index in [1.807, 2.05) is 32.0 Å². The lowest BCUT2D eigenvalue weighted by atomic mass is 9.94. The Morgan fingerprint density at radius 2 is 1.22 bits per heavy atom. The van der Waals surface area contributed by atoms with E-state index in [2.05, 4.69) is 26.1 Å². The Bertz CT molecular complexity index is 1260. The zero-order chi connectivity index (χ0) is 42.6. The van der Waals surface area contributed by atoms with Gasteiger partial charge in [-0.25, -0.2) is 0 Å². The predicted molar refractivity (Wildman–Crippen MR) is 236 cm³/mol. The number of carbonyl (C=O) groups is 2. The van der Waals surface area contributed by atoms with Crippen molar-refractivity contribution in [3.63, 3.8) is 0 Å². The molecule has 0 saturated carbocycles. The van der Waals surface area contributed by atoms with E-state index in [9.17, 15) is 9.59 Å². The summed E-state index contributed by atoms with van der Waals surface area (Å²) in [5.74, 6) is 0.0824. The Labute approximate surface area is 359 Å². The predicted octanol–water partition coefficient (Wildman–Crippen LogP) is 11.7. The second-order valence-corrected chi connectivity index (χ2v) is 17.4. The second-order valence-electron chi connectivity index (χ2n) is 17.4. The van der Waals surface area contributed by atoms with Crippen molar-refractivity contribution in [3.05, 3.63) is 23.8 Å². The first-order chi connectivity index (χ1) is 28.7. The van der Waals surface area contributed by atoms with Gasteiger partial charge in [-0.1, -0.05) is 155 Å². The number of rotatable bonds is 34. The van der Waals surface area contributed by atoms with Crippen LogP contribution < -0.4 is 14.8 Å². The van der Waals surface area contributed by atoms with Crippen molar-refractivity contribution in [1.82, 2.24) is 5.32 Å². The minimum Gasteiger partial charge on any atom is -0.490 e. The van der Waals surface area contributed by atoms with E-state index in [0.29, 0.717) is 26.1 Å². The third-order valence-corrected chi connectivity index (χ3v) is 11.6. The van der Waals surface area contributed by atoms with Crippen LogP contribution in [-0.4, -0.2) is 75.2 Å². The number of ether oxygens (including phenoxy) is 7. The van der Waals surface area contributed by atoms with Crippen molar-refractivity contribution < 1.29 is 42.7 Å². The van der Waals surface area contributed by atoms with Crippen LogP contribution in [0.4, 0.5) is 0 Å². The van der Waals surface area contributed by atoms with E-state index in [-0.39, 0.29) is 24.9 Å². The van der Waals surface area contributed by atoms with Gasteiger partial charge in [0, 0.05) is 20.0 Å². The van der Waals surface area contributed by atoms with Crippen LogP contribution in [0.5, 0.6) is 11.5 Å². The first-order valence-electron chi connectivity index (χ1n) is 24.1. The fourth-order valence-electron chi connectivity index (χ4n) is 8.05. The maximum absolute atomic E-state index is 13.7. The molecule has 2 aliphatic rings. The number of benzene rings is 1. The number of fused-ring (bicyclic) bond motifs is 1. The Morgan fingerprint density at radius 1 is 0.695 bits per heavy atom. The number of hydrogen-bond donors (Lipinski definition) is 1. The standard InChI is InChI=1S/C49H85NO9/c1-7-10-13-16-19-20-21-22-23-24-27-30-44(52)58-47-45(48(53-6)57-42-38-56-49(4,5)59-46(42)47)50-43(51)34-32-39-31-33-40(54-35-28-25-17-14-11-8-2)41(37-39)55-36-29-26-18-15-12-9-3/h31,33,37,42,45-48H,7-30,32,34-36,38H2,1-6H3,(H,50,51)/t42-,45-,46-,47-,48+/m1/s1. The average molecular weight is 832 g/mol. The van der Waals surface area contributed by atoms with Gasteiger partial charge in [0.05, 0.1) is 19.8 Å². The largest absolute Gasteiger partial charge is 0.490 e. The average Bonchev–Trinajstić information content (AvgIpc) is 3.22. The summed E-state index contributed by atoms with van der Waals surface area (Å²) in [5.41, 5.74) is 0.984. The molecule has 0 aromatic heterocycles. The van der Waals surface area contributed by atoms with Gasteiger partial charge in [-0.2, -0.15) is 0 Å². The summed E-state index contributed by atoms with van der Waals surface area (Å²) >= 11 is 0. The normalized spacial score (nSPS) is 21.2. The number of unbranched alkanes of at least 4 members (excludes halogenated alkanes) is 20. The molecular formula is C49H85NO9. The minimum atomic E-state index is -0.904. The van der Waals surface area contributed by atoms with Crippen molar-refractivity contribution in [2.45, 2.75) is 238 Å². The van der Waals surface area contributed by atoms with Crippen LogP contribution >= 0.6 is 0 Å². The molecule has 0 radical (unpaired) electrons. The first kappa shape index (κ1) is 51.0. The lowest BCUT2D eigenvalue weighted by Gasteiger charge is -2.50. The van der Waals surface area contributed by atoms with Crippen LogP contribution in [0.25, 0.3) is 0 Å². The maximum Gasteiger partial charge on any atom is 0.306 e. The smallest absolute Gasteiger partial charge is 0.306 e. The molecule has 2 saturated heterocycles. The number of methoxy groups -OCH3 is 1. The van der Waals surface area contributed by atoms with Crippen molar-refractivity contribution >= 4 is 11.9 Å². The molecule has 0 aliphatic carbocycles. The maximum atomic E-state index is 13.7. The number of carbonyl (C=O) groups excluding carboxylic acids is 2. The number of nitrogens with one attached hydrogen (secondary N) is 1. The van der Waals surface area contributed by atoms with Gasteiger partial charge in [0.25, 0.3) is 0 Å². The SMILES string of the molecule is CCCCCCCCCCCCCC(=O)O[C@@H]1[C@@H](NC(=O)CCc2ccc(OCCCCCCCC)c(OCCCCCCCC)c2)[C@@H](OC)O[C@@H]2COC(C)(C)O[C@@H]12. The van der Waals surface area contributed by atoms with Crippen molar-refractivity contribution in [2.75, 3.05) is 26.9 Å². The van der Waals surface area contributed by atoms with Crippen LogP contribution in [0, 0.1) is 0 Å². The van der Waals surface area contributed by atoms with Gasteiger partial charge < -0.3 is 38.5 Å². The monoisotopic (exact) mass is 832 g/mol. The number of hydrogen-bond acceptors (Lipinski definition) is 9. The molecule has 3 rings (SSSR count). The molecule has 1 amide bonds. The third-order valence-electron chi connectivity index (χ3n) is 11.6. The zero-order valence-corrected chi connectivity index (χ0v) is 38.3. The summed E-state index contributed by atoms with van der Waals surface area (Å²) in [4.78, 5) is 27.1. The van der Waals surface area contributed by atoms with Gasteiger partial charge >= 0.3 is 5.97 Å². The molecule has 1 aromatic rings. The highest BCUT2D eigenvalue weighted by atomic mass is 16.8. The van der Waals surface area contributed by atoms with Gasteiger partial charge in [0.1, 0.15) is 18.2 Å². The molecule has 1 N–H and O–H groups in total. The van der Waals surface area contributed by atoms with E-state index in [0.717, 1.165) is 62.0 Å². The fraction of sp³-hybridized carbons (Fsp3) is 0.837. The lowest BCUT2D eigenvalue weighted by molar-refractivity contribution is -0.367. The zero-order valence-electron chi connectivity index (χ0n) is 38.3. The van der Waals surface area contributed by atoms with Crippen LogP contribution in [0.15, 0.2) is 18.2 Å². The Kier molecular flexibility index (Phi) is 26.4. The van der Waals surface area contributed by atoms with Crippen LogP contribution in [0.3, 0.4) is 0 Å². The molecule has 59 heavy (non-hydrogen) atoms. The quantitative estimate of drug-likeness (QED) is 0.0536. The molecule has 10 heteroatoms. The molecule has 2 fully saturated rings. The minimum absolute atomic E-state index is 0.199. The summed E-state index contributed by atoms with van der Waals surface area (Å²) in [5, 5.41) is 3.12. The number of aryl methyl sites for hydroxylation is 1. The topological polar surface area (TPSA) is 111 Å². The fourth-order valence-corrected chi connectivity index (χ4v) is 8.05. The highest BCUT2D eigenvalue weighted by Crippen LogP contribution is 2.35. The van der Waals surface area contributed by atoms with E-state index in [1.165, 1.54) is 110 Å². The van der Waals surface area contributed by atoms with Gasteiger partial charge in [-0.15, -0.1) is 0 Å². The molecule has 5 atom stereocenters. The molecule has 0 spiro atoms. The third kappa shape index (κ3) is 20.8. The molecule has 10 nitrogen and oxygen atoms in total.